The van der Waals surface area contributed by atoms with Gasteiger partial charge in [0.25, 0.3) is 0 Å². The summed E-state index contributed by atoms with van der Waals surface area (Å²) in [5, 5.41) is 5.94. The molecule has 138 valence electrons. The van der Waals surface area contributed by atoms with Crippen LogP contribution in [0.25, 0.3) is 0 Å². The summed E-state index contributed by atoms with van der Waals surface area (Å²) in [4.78, 5) is 24.2. The lowest BCUT2D eigenvalue weighted by atomic mass is 9.95. The molecule has 0 spiro atoms. The zero-order valence-electron chi connectivity index (χ0n) is 15.4. The minimum Gasteiger partial charge on any atom is -0.444 e. The molecule has 1 saturated heterocycles. The third kappa shape index (κ3) is 6.30. The van der Waals surface area contributed by atoms with Gasteiger partial charge < -0.3 is 20.1 Å². The van der Waals surface area contributed by atoms with Crippen molar-refractivity contribution in [3.63, 3.8) is 0 Å². The molecule has 0 aromatic carbocycles. The van der Waals surface area contributed by atoms with Crippen molar-refractivity contribution in [1.29, 1.82) is 0 Å². The molecule has 0 radical (unpaired) electrons. The first-order valence-corrected chi connectivity index (χ1v) is 9.07. The van der Waals surface area contributed by atoms with E-state index < -0.39 is 17.2 Å². The molecule has 6 nitrogen and oxygen atoms in total. The van der Waals surface area contributed by atoms with E-state index in [0.717, 1.165) is 38.7 Å². The molecule has 1 heterocycles. The maximum atomic E-state index is 12.3. The van der Waals surface area contributed by atoms with Crippen LogP contribution >= 0.6 is 0 Å². The highest BCUT2D eigenvalue weighted by atomic mass is 16.6. The smallest absolute Gasteiger partial charge is 0.407 e. The van der Waals surface area contributed by atoms with Crippen molar-refractivity contribution >= 4 is 12.0 Å². The van der Waals surface area contributed by atoms with Gasteiger partial charge in [0, 0.05) is 19.6 Å². The quantitative estimate of drug-likeness (QED) is 0.747. The highest BCUT2D eigenvalue weighted by Crippen LogP contribution is 2.39. The molecule has 2 aliphatic rings. The summed E-state index contributed by atoms with van der Waals surface area (Å²) in [6, 6.07) is 0. The molecule has 1 aliphatic heterocycles. The Balaban J connectivity index is 1.78. The third-order valence-corrected chi connectivity index (χ3v) is 4.62. The minimum atomic E-state index is -0.523. The Morgan fingerprint density at radius 3 is 2.42 bits per heavy atom. The van der Waals surface area contributed by atoms with Crippen LogP contribution < -0.4 is 10.6 Å². The average Bonchev–Trinajstić information content (AvgIpc) is 3.20. The van der Waals surface area contributed by atoms with Crippen LogP contribution in [0, 0.1) is 5.92 Å². The zero-order valence-corrected chi connectivity index (χ0v) is 15.4. The second-order valence-electron chi connectivity index (χ2n) is 8.27. The van der Waals surface area contributed by atoms with Crippen molar-refractivity contribution in [3.05, 3.63) is 0 Å². The fourth-order valence-corrected chi connectivity index (χ4v) is 3.13. The molecule has 2 unspecified atom stereocenters. The maximum Gasteiger partial charge on any atom is 0.407 e. The Bertz CT molecular complexity index is 450. The normalized spacial score (nSPS) is 23.4. The SMILES string of the molecule is CC(C)(C)OC(=O)NCC(C)(NC(=O)CCC1CCCO1)C1CC1. The maximum absolute atomic E-state index is 12.3. The minimum absolute atomic E-state index is 0.0332. The number of carbonyl (C=O) groups excluding carboxylic acids is 2. The molecule has 2 fully saturated rings. The average molecular weight is 340 g/mol. The van der Waals surface area contributed by atoms with Gasteiger partial charge in [-0.05, 0) is 65.7 Å². The first-order chi connectivity index (χ1) is 11.2. The van der Waals surface area contributed by atoms with Crippen LogP contribution in [0.3, 0.4) is 0 Å². The van der Waals surface area contributed by atoms with Crippen molar-refractivity contribution < 1.29 is 19.1 Å². The van der Waals surface area contributed by atoms with Gasteiger partial charge in [0.15, 0.2) is 0 Å². The monoisotopic (exact) mass is 340 g/mol. The summed E-state index contributed by atoms with van der Waals surface area (Å²) in [7, 11) is 0. The molecule has 0 aromatic heterocycles. The van der Waals surface area contributed by atoms with Gasteiger partial charge in [-0.2, -0.15) is 0 Å². The van der Waals surface area contributed by atoms with Crippen LogP contribution in [0.5, 0.6) is 0 Å². The lowest BCUT2D eigenvalue weighted by Crippen LogP contribution is -2.55. The first-order valence-electron chi connectivity index (χ1n) is 9.07. The van der Waals surface area contributed by atoms with Gasteiger partial charge >= 0.3 is 6.09 Å². The summed E-state index contributed by atoms with van der Waals surface area (Å²) in [6.45, 7) is 8.70. The second-order valence-corrected chi connectivity index (χ2v) is 8.27. The van der Waals surface area contributed by atoms with E-state index >= 15 is 0 Å². The molecule has 6 heteroatoms. The molecule has 0 bridgehead atoms. The lowest BCUT2D eigenvalue weighted by molar-refractivity contribution is -0.123. The molecule has 2 amide bonds. The predicted molar refractivity (Wildman–Crippen MR) is 91.7 cm³/mol. The van der Waals surface area contributed by atoms with Gasteiger partial charge in [-0.15, -0.1) is 0 Å². The number of amides is 2. The fraction of sp³-hybridized carbons (Fsp3) is 0.889. The van der Waals surface area contributed by atoms with Crippen LogP contribution in [0.4, 0.5) is 4.79 Å². The largest absolute Gasteiger partial charge is 0.444 e. The van der Waals surface area contributed by atoms with Crippen molar-refractivity contribution in [2.24, 2.45) is 5.92 Å². The molecule has 2 rings (SSSR count). The highest BCUT2D eigenvalue weighted by Gasteiger charge is 2.43. The highest BCUT2D eigenvalue weighted by molar-refractivity contribution is 5.77. The van der Waals surface area contributed by atoms with Crippen molar-refractivity contribution in [1.82, 2.24) is 10.6 Å². The van der Waals surface area contributed by atoms with Crippen molar-refractivity contribution in [3.8, 4) is 0 Å². The molecular formula is C18H32N2O4. The molecule has 24 heavy (non-hydrogen) atoms. The molecule has 2 N–H and O–H groups in total. The summed E-state index contributed by atoms with van der Waals surface area (Å²) >= 11 is 0. The Hall–Kier alpha value is -1.30. The van der Waals surface area contributed by atoms with E-state index in [1.807, 2.05) is 27.7 Å². The van der Waals surface area contributed by atoms with Crippen LogP contribution in [0.1, 0.15) is 66.2 Å². The van der Waals surface area contributed by atoms with Gasteiger partial charge in [-0.25, -0.2) is 4.79 Å². The van der Waals surface area contributed by atoms with E-state index in [0.29, 0.717) is 18.9 Å². The molecule has 1 saturated carbocycles. The first kappa shape index (κ1) is 19.0. The van der Waals surface area contributed by atoms with E-state index in [4.69, 9.17) is 9.47 Å². The Kier molecular flexibility index (Phi) is 6.12. The van der Waals surface area contributed by atoms with E-state index in [2.05, 4.69) is 10.6 Å². The number of ether oxygens (including phenoxy) is 2. The summed E-state index contributed by atoms with van der Waals surface area (Å²) in [5.41, 5.74) is -0.935. The fourth-order valence-electron chi connectivity index (χ4n) is 3.13. The van der Waals surface area contributed by atoms with Crippen molar-refractivity contribution in [2.75, 3.05) is 13.2 Å². The molecular weight excluding hydrogens is 308 g/mol. The number of hydrogen-bond acceptors (Lipinski definition) is 4. The van der Waals surface area contributed by atoms with Gasteiger partial charge in [0.2, 0.25) is 5.91 Å². The molecule has 1 aliphatic carbocycles. The van der Waals surface area contributed by atoms with E-state index in [1.54, 1.807) is 0 Å². The van der Waals surface area contributed by atoms with Crippen LogP contribution in [0.2, 0.25) is 0 Å². The zero-order chi connectivity index (χ0) is 17.8. The van der Waals surface area contributed by atoms with Gasteiger partial charge in [-0.3, -0.25) is 4.79 Å². The lowest BCUT2D eigenvalue weighted by Gasteiger charge is -2.32. The summed E-state index contributed by atoms with van der Waals surface area (Å²) < 4.78 is 10.8. The van der Waals surface area contributed by atoms with Crippen LogP contribution in [0.15, 0.2) is 0 Å². The predicted octanol–water partition coefficient (Wildman–Crippen LogP) is 2.76. The van der Waals surface area contributed by atoms with Crippen molar-refractivity contribution in [2.45, 2.75) is 83.5 Å². The van der Waals surface area contributed by atoms with Gasteiger partial charge in [0.1, 0.15) is 5.60 Å². The number of hydrogen-bond donors (Lipinski definition) is 2. The standard InChI is InChI=1S/C18H32N2O4/c1-17(2,3)24-16(22)19-12-18(4,13-7-8-13)20-15(21)10-9-14-6-5-11-23-14/h13-14H,5-12H2,1-4H3,(H,19,22)(H,20,21). The number of nitrogens with one attached hydrogen (secondary N) is 2. The topological polar surface area (TPSA) is 76.7 Å². The van der Waals surface area contributed by atoms with Crippen LogP contribution in [-0.2, 0) is 14.3 Å². The summed E-state index contributed by atoms with van der Waals surface area (Å²) in [6.07, 6.45) is 5.33. The Morgan fingerprint density at radius 2 is 1.88 bits per heavy atom. The van der Waals surface area contributed by atoms with E-state index in [9.17, 15) is 9.59 Å². The number of carbonyl (C=O) groups is 2. The van der Waals surface area contributed by atoms with Crippen LogP contribution in [-0.4, -0.2) is 42.4 Å². The van der Waals surface area contributed by atoms with Gasteiger partial charge in [-0.1, -0.05) is 0 Å². The second kappa shape index (κ2) is 7.72. The van der Waals surface area contributed by atoms with E-state index in [1.165, 1.54) is 0 Å². The molecule has 2 atom stereocenters. The summed E-state index contributed by atoms with van der Waals surface area (Å²) in [5.74, 6) is 0.449. The Morgan fingerprint density at radius 1 is 1.17 bits per heavy atom. The molecule has 0 aromatic rings. The Labute approximate surface area is 145 Å². The number of rotatable bonds is 7. The van der Waals surface area contributed by atoms with E-state index in [-0.39, 0.29) is 12.0 Å². The third-order valence-electron chi connectivity index (χ3n) is 4.62. The van der Waals surface area contributed by atoms with Gasteiger partial charge in [0.05, 0.1) is 11.6 Å². The number of alkyl carbamates (subject to hydrolysis) is 1.